The Morgan fingerprint density at radius 2 is 1.05 bits per heavy atom. The zero-order valence-electron chi connectivity index (χ0n) is 32.7. The molecule has 7 aromatic carbocycles. The van der Waals surface area contributed by atoms with Crippen molar-refractivity contribution in [2.24, 2.45) is 4.99 Å². The minimum atomic E-state index is 0.745. The van der Waals surface area contributed by atoms with Crippen LogP contribution in [0.15, 0.2) is 212 Å². The molecule has 10 rings (SSSR count). The topological polar surface area (TPSA) is 38.1 Å². The van der Waals surface area contributed by atoms with Gasteiger partial charge in [0.05, 0.1) is 22.8 Å². The summed E-state index contributed by atoms with van der Waals surface area (Å²) in [5, 5.41) is 2.60. The van der Waals surface area contributed by atoms with Crippen molar-refractivity contribution in [3.8, 4) is 89.3 Å². The van der Waals surface area contributed by atoms with E-state index in [1.807, 2.05) is 31.2 Å². The van der Waals surface area contributed by atoms with Gasteiger partial charge in [0.25, 0.3) is 0 Å². The standard InChI is InChI=1S/C56H39N3/c1-3-15-49(57-4-2)51-34-44(35-52(59-51)50-24-11-12-33-58-50)39-27-25-37(26-28-39)38-29-31-41(32-30-38)47-36-48(40-16-7-5-8-17-40)55-45-22-13-20-42-21-14-23-46(53(42)45)56(55)54(47)43-18-9-6-10-19-43/h3-36H,1H2,2H3/b49-15-,57-4-. The van der Waals surface area contributed by atoms with Crippen LogP contribution < -0.4 is 0 Å². The summed E-state index contributed by atoms with van der Waals surface area (Å²) in [6, 6.07) is 65.5. The van der Waals surface area contributed by atoms with Gasteiger partial charge in [-0.05, 0) is 132 Å². The van der Waals surface area contributed by atoms with Gasteiger partial charge in [-0.2, -0.15) is 0 Å². The van der Waals surface area contributed by atoms with Gasteiger partial charge in [-0.1, -0.05) is 164 Å². The summed E-state index contributed by atoms with van der Waals surface area (Å²) >= 11 is 0. The summed E-state index contributed by atoms with van der Waals surface area (Å²) in [4.78, 5) is 14.2. The normalized spacial score (nSPS) is 11.9. The van der Waals surface area contributed by atoms with E-state index >= 15 is 0 Å². The summed E-state index contributed by atoms with van der Waals surface area (Å²) in [5.41, 5.74) is 20.1. The molecule has 3 heteroatoms. The van der Waals surface area contributed by atoms with E-state index in [9.17, 15) is 0 Å². The SMILES string of the molecule is C=C/C=C(\N=C/C)c1cc(-c2ccc(-c3ccc(-c4cc(-c5ccccc5)c5c(c4-c4ccccc4)-c4cccc6cccc-5c46)cc3)cc2)cc(-c2ccccn2)n1. The third kappa shape index (κ3) is 6.49. The second kappa shape index (κ2) is 15.3. The Hall–Kier alpha value is -7.75. The summed E-state index contributed by atoms with van der Waals surface area (Å²) in [7, 11) is 0. The molecule has 0 saturated carbocycles. The van der Waals surface area contributed by atoms with E-state index in [2.05, 4.69) is 180 Å². The van der Waals surface area contributed by atoms with Crippen LogP contribution in [0.5, 0.6) is 0 Å². The lowest BCUT2D eigenvalue weighted by Gasteiger charge is -2.21. The number of allylic oxidation sites excluding steroid dienone is 2. The smallest absolute Gasteiger partial charge is 0.0900 e. The van der Waals surface area contributed by atoms with Gasteiger partial charge in [0.1, 0.15) is 0 Å². The van der Waals surface area contributed by atoms with Gasteiger partial charge in [-0.15, -0.1) is 0 Å². The number of hydrogen-bond donors (Lipinski definition) is 0. The molecule has 0 amide bonds. The van der Waals surface area contributed by atoms with Crippen molar-refractivity contribution in [1.29, 1.82) is 0 Å². The molecule has 0 unspecified atom stereocenters. The molecule has 3 nitrogen and oxygen atoms in total. The number of nitrogens with zero attached hydrogens (tertiary/aromatic N) is 3. The molecule has 1 aliphatic carbocycles. The molecule has 2 aromatic heterocycles. The van der Waals surface area contributed by atoms with Crippen LogP contribution in [0.3, 0.4) is 0 Å². The van der Waals surface area contributed by atoms with Crippen LogP contribution in [0.4, 0.5) is 0 Å². The Kier molecular flexibility index (Phi) is 9.25. The van der Waals surface area contributed by atoms with E-state index in [4.69, 9.17) is 4.98 Å². The first-order valence-electron chi connectivity index (χ1n) is 20.0. The fourth-order valence-electron chi connectivity index (χ4n) is 8.58. The van der Waals surface area contributed by atoms with Crippen LogP contribution in [0.25, 0.3) is 106 Å². The maximum absolute atomic E-state index is 4.96. The number of fused-ring (bicyclic) bond motifs is 3. The number of pyridine rings is 2. The molecule has 0 bridgehead atoms. The monoisotopic (exact) mass is 753 g/mol. The lowest BCUT2D eigenvalue weighted by atomic mass is 9.82. The number of aliphatic imine (C=N–C) groups is 1. The predicted octanol–water partition coefficient (Wildman–Crippen LogP) is 14.9. The fraction of sp³-hybridized carbons (Fsp3) is 0.0179. The average molecular weight is 754 g/mol. The number of aromatic nitrogens is 2. The fourth-order valence-corrected chi connectivity index (χ4v) is 8.58. The van der Waals surface area contributed by atoms with E-state index in [-0.39, 0.29) is 0 Å². The molecule has 0 spiro atoms. The molecule has 59 heavy (non-hydrogen) atoms. The molecular weight excluding hydrogens is 715 g/mol. The maximum atomic E-state index is 4.96. The van der Waals surface area contributed by atoms with Gasteiger partial charge in [-0.25, -0.2) is 4.98 Å². The molecule has 0 atom stereocenters. The highest BCUT2D eigenvalue weighted by Gasteiger charge is 2.30. The van der Waals surface area contributed by atoms with Crippen molar-refractivity contribution in [1.82, 2.24) is 9.97 Å². The molecular formula is C56H39N3. The molecule has 0 fully saturated rings. The molecule has 1 aliphatic rings. The molecule has 0 aliphatic heterocycles. The Morgan fingerprint density at radius 3 is 1.68 bits per heavy atom. The van der Waals surface area contributed by atoms with Crippen molar-refractivity contribution in [3.05, 3.63) is 213 Å². The minimum Gasteiger partial charge on any atom is -0.259 e. The Balaban J connectivity index is 1.08. The van der Waals surface area contributed by atoms with Crippen molar-refractivity contribution in [2.45, 2.75) is 6.92 Å². The summed E-state index contributed by atoms with van der Waals surface area (Å²) in [5.74, 6) is 0. The second-order valence-corrected chi connectivity index (χ2v) is 14.7. The molecule has 0 radical (unpaired) electrons. The molecule has 0 saturated heterocycles. The lowest BCUT2D eigenvalue weighted by molar-refractivity contribution is 1.21. The number of hydrogen-bond acceptors (Lipinski definition) is 3. The van der Waals surface area contributed by atoms with Crippen molar-refractivity contribution >= 4 is 22.7 Å². The zero-order valence-corrected chi connectivity index (χ0v) is 32.7. The summed E-state index contributed by atoms with van der Waals surface area (Å²) < 4.78 is 0. The first-order valence-corrected chi connectivity index (χ1v) is 20.0. The van der Waals surface area contributed by atoms with Gasteiger partial charge in [0, 0.05) is 12.4 Å². The maximum Gasteiger partial charge on any atom is 0.0900 e. The van der Waals surface area contributed by atoms with Crippen molar-refractivity contribution in [2.75, 3.05) is 0 Å². The van der Waals surface area contributed by atoms with E-state index in [0.29, 0.717) is 0 Å². The summed E-state index contributed by atoms with van der Waals surface area (Å²) in [6.45, 7) is 5.81. The largest absolute Gasteiger partial charge is 0.259 e. The number of benzene rings is 7. The Bertz CT molecular complexity index is 3070. The van der Waals surface area contributed by atoms with Gasteiger partial charge < -0.3 is 0 Å². The molecule has 278 valence electrons. The molecule has 0 N–H and O–H groups in total. The van der Waals surface area contributed by atoms with Gasteiger partial charge in [-0.3, -0.25) is 9.98 Å². The van der Waals surface area contributed by atoms with Crippen LogP contribution >= 0.6 is 0 Å². The summed E-state index contributed by atoms with van der Waals surface area (Å²) in [6.07, 6.45) is 7.20. The first-order chi connectivity index (χ1) is 29.2. The van der Waals surface area contributed by atoms with Gasteiger partial charge in [0.15, 0.2) is 0 Å². The quantitative estimate of drug-likeness (QED) is 0.109. The third-order valence-electron chi connectivity index (χ3n) is 11.2. The van der Waals surface area contributed by atoms with E-state index in [1.165, 1.54) is 66.4 Å². The van der Waals surface area contributed by atoms with Crippen LogP contribution in [-0.2, 0) is 0 Å². The molecule has 2 heterocycles. The third-order valence-corrected chi connectivity index (χ3v) is 11.2. The van der Waals surface area contributed by atoms with E-state index < -0.39 is 0 Å². The van der Waals surface area contributed by atoms with Crippen LogP contribution in [0.1, 0.15) is 12.6 Å². The van der Waals surface area contributed by atoms with Crippen LogP contribution in [0.2, 0.25) is 0 Å². The van der Waals surface area contributed by atoms with Gasteiger partial charge in [0.2, 0.25) is 0 Å². The highest BCUT2D eigenvalue weighted by molar-refractivity contribution is 6.22. The minimum absolute atomic E-state index is 0.745. The van der Waals surface area contributed by atoms with Crippen LogP contribution in [-0.4, -0.2) is 16.2 Å². The number of rotatable bonds is 9. The highest BCUT2D eigenvalue weighted by atomic mass is 14.8. The van der Waals surface area contributed by atoms with Gasteiger partial charge >= 0.3 is 0 Å². The van der Waals surface area contributed by atoms with Crippen LogP contribution in [0, 0.1) is 0 Å². The second-order valence-electron chi connectivity index (χ2n) is 14.7. The zero-order chi connectivity index (χ0) is 39.7. The lowest BCUT2D eigenvalue weighted by Crippen LogP contribution is -1.95. The van der Waals surface area contributed by atoms with E-state index in [1.54, 1.807) is 18.5 Å². The van der Waals surface area contributed by atoms with Crippen molar-refractivity contribution in [3.63, 3.8) is 0 Å². The Morgan fingerprint density at radius 1 is 0.475 bits per heavy atom. The Labute approximate surface area is 345 Å². The molecule has 9 aromatic rings. The van der Waals surface area contributed by atoms with Crippen molar-refractivity contribution < 1.29 is 0 Å². The predicted molar refractivity (Wildman–Crippen MR) is 249 cm³/mol. The highest BCUT2D eigenvalue weighted by Crippen LogP contribution is 2.57. The average Bonchev–Trinajstić information content (AvgIpc) is 3.64. The van der Waals surface area contributed by atoms with E-state index in [0.717, 1.165) is 45.0 Å². The first kappa shape index (κ1) is 35.6.